The first-order chi connectivity index (χ1) is 9.31. The number of hydrogen-bond donors (Lipinski definition) is 1. The topological polar surface area (TPSA) is 59.9 Å². The maximum Gasteiger partial charge on any atom is 0.237 e. The SMILES string of the molecule is CCc1cccnc1C(NC)c1nccnc1OC. The number of pyridine rings is 1. The van der Waals surface area contributed by atoms with E-state index >= 15 is 0 Å². The second-order valence-electron chi connectivity index (χ2n) is 4.07. The largest absolute Gasteiger partial charge is 0.480 e. The molecule has 0 fully saturated rings. The zero-order valence-corrected chi connectivity index (χ0v) is 11.4. The van der Waals surface area contributed by atoms with Crippen LogP contribution in [0.2, 0.25) is 0 Å². The fourth-order valence-electron chi connectivity index (χ4n) is 2.10. The molecule has 0 amide bonds. The average molecular weight is 258 g/mol. The summed E-state index contributed by atoms with van der Waals surface area (Å²) in [6.45, 7) is 2.11. The molecule has 0 saturated heterocycles. The molecule has 1 atom stereocenters. The zero-order valence-electron chi connectivity index (χ0n) is 11.4. The first kappa shape index (κ1) is 13.4. The van der Waals surface area contributed by atoms with Crippen LogP contribution in [0.5, 0.6) is 5.88 Å². The average Bonchev–Trinajstić information content (AvgIpc) is 2.49. The second kappa shape index (κ2) is 6.24. The fraction of sp³-hybridized carbons (Fsp3) is 0.357. The van der Waals surface area contributed by atoms with Gasteiger partial charge >= 0.3 is 0 Å². The molecule has 1 N–H and O–H groups in total. The molecule has 0 saturated carbocycles. The van der Waals surface area contributed by atoms with Gasteiger partial charge in [0.2, 0.25) is 5.88 Å². The molecule has 0 radical (unpaired) electrons. The van der Waals surface area contributed by atoms with Crippen molar-refractivity contribution in [3.8, 4) is 5.88 Å². The molecule has 0 aromatic carbocycles. The Kier molecular flexibility index (Phi) is 4.41. The second-order valence-corrected chi connectivity index (χ2v) is 4.07. The van der Waals surface area contributed by atoms with Crippen LogP contribution in [0, 0.1) is 0 Å². The minimum Gasteiger partial charge on any atom is -0.480 e. The van der Waals surface area contributed by atoms with Crippen molar-refractivity contribution in [1.82, 2.24) is 20.3 Å². The van der Waals surface area contributed by atoms with Gasteiger partial charge in [0, 0.05) is 18.6 Å². The number of nitrogens with one attached hydrogen (secondary N) is 1. The minimum absolute atomic E-state index is 0.125. The molecule has 0 aliphatic rings. The molecule has 2 rings (SSSR count). The Morgan fingerprint density at radius 1 is 1.16 bits per heavy atom. The molecule has 19 heavy (non-hydrogen) atoms. The predicted octanol–water partition coefficient (Wildman–Crippen LogP) is 1.75. The van der Waals surface area contributed by atoms with Crippen molar-refractivity contribution in [2.45, 2.75) is 19.4 Å². The van der Waals surface area contributed by atoms with Crippen LogP contribution in [0.3, 0.4) is 0 Å². The number of aromatic nitrogens is 3. The van der Waals surface area contributed by atoms with Crippen LogP contribution in [0.25, 0.3) is 0 Å². The van der Waals surface area contributed by atoms with Crippen LogP contribution in [0.15, 0.2) is 30.7 Å². The summed E-state index contributed by atoms with van der Waals surface area (Å²) in [6.07, 6.45) is 6.00. The molecular formula is C14H18N4O. The summed E-state index contributed by atoms with van der Waals surface area (Å²) < 4.78 is 5.28. The lowest BCUT2D eigenvalue weighted by Gasteiger charge is -2.19. The summed E-state index contributed by atoms with van der Waals surface area (Å²) >= 11 is 0. The van der Waals surface area contributed by atoms with Gasteiger partial charge in [-0.3, -0.25) is 9.97 Å². The van der Waals surface area contributed by atoms with E-state index in [1.807, 2.05) is 13.1 Å². The van der Waals surface area contributed by atoms with Crippen LogP contribution in [0.1, 0.15) is 29.9 Å². The third kappa shape index (κ3) is 2.71. The normalized spacial score (nSPS) is 12.2. The van der Waals surface area contributed by atoms with Crippen LogP contribution in [-0.2, 0) is 6.42 Å². The van der Waals surface area contributed by atoms with Gasteiger partial charge in [-0.25, -0.2) is 4.98 Å². The van der Waals surface area contributed by atoms with E-state index in [1.54, 1.807) is 25.7 Å². The van der Waals surface area contributed by atoms with E-state index in [2.05, 4.69) is 33.3 Å². The number of ether oxygens (including phenoxy) is 1. The Morgan fingerprint density at radius 2 is 1.89 bits per heavy atom. The molecule has 5 nitrogen and oxygen atoms in total. The maximum atomic E-state index is 5.28. The highest BCUT2D eigenvalue weighted by atomic mass is 16.5. The highest BCUT2D eigenvalue weighted by molar-refractivity contribution is 5.33. The van der Waals surface area contributed by atoms with Crippen LogP contribution in [-0.4, -0.2) is 29.1 Å². The molecule has 2 heterocycles. The van der Waals surface area contributed by atoms with Crippen molar-refractivity contribution >= 4 is 0 Å². The third-order valence-corrected chi connectivity index (χ3v) is 3.03. The highest BCUT2D eigenvalue weighted by Crippen LogP contribution is 2.26. The molecule has 0 aliphatic carbocycles. The van der Waals surface area contributed by atoms with Crippen LogP contribution >= 0.6 is 0 Å². The van der Waals surface area contributed by atoms with E-state index in [0.29, 0.717) is 5.88 Å². The summed E-state index contributed by atoms with van der Waals surface area (Å²) in [4.78, 5) is 13.1. The third-order valence-electron chi connectivity index (χ3n) is 3.03. The Labute approximate surface area is 113 Å². The van der Waals surface area contributed by atoms with E-state index in [4.69, 9.17) is 4.74 Å². The number of methoxy groups -OCH3 is 1. The fourth-order valence-corrected chi connectivity index (χ4v) is 2.10. The molecular weight excluding hydrogens is 240 g/mol. The van der Waals surface area contributed by atoms with Gasteiger partial charge in [-0.15, -0.1) is 0 Å². The van der Waals surface area contributed by atoms with Crippen molar-refractivity contribution < 1.29 is 4.74 Å². The quantitative estimate of drug-likeness (QED) is 0.885. The van der Waals surface area contributed by atoms with Gasteiger partial charge in [-0.05, 0) is 25.1 Å². The lowest BCUT2D eigenvalue weighted by molar-refractivity contribution is 0.383. The van der Waals surface area contributed by atoms with E-state index < -0.39 is 0 Å². The summed E-state index contributed by atoms with van der Waals surface area (Å²) in [5, 5.41) is 3.24. The standard InChI is InChI=1S/C14H18N4O/c1-4-10-6-5-7-16-11(10)12(15-2)13-14(19-3)18-9-8-17-13/h5-9,12,15H,4H2,1-3H3. The van der Waals surface area contributed by atoms with Crippen molar-refractivity contribution in [2.75, 3.05) is 14.2 Å². The molecule has 0 bridgehead atoms. The molecule has 5 heteroatoms. The summed E-state index contributed by atoms with van der Waals surface area (Å²) in [6, 6.07) is 3.90. The van der Waals surface area contributed by atoms with Crippen molar-refractivity contribution in [3.05, 3.63) is 47.7 Å². The molecule has 2 aromatic rings. The molecule has 100 valence electrons. The van der Waals surface area contributed by atoms with Crippen LogP contribution < -0.4 is 10.1 Å². The Balaban J connectivity index is 2.50. The monoisotopic (exact) mass is 258 g/mol. The van der Waals surface area contributed by atoms with Gasteiger partial charge in [-0.1, -0.05) is 13.0 Å². The Hall–Kier alpha value is -2.01. The maximum absolute atomic E-state index is 5.28. The van der Waals surface area contributed by atoms with Gasteiger partial charge in [0.15, 0.2) is 0 Å². The van der Waals surface area contributed by atoms with Crippen molar-refractivity contribution in [3.63, 3.8) is 0 Å². The summed E-state index contributed by atoms with van der Waals surface area (Å²) in [5.41, 5.74) is 2.90. The van der Waals surface area contributed by atoms with E-state index in [0.717, 1.165) is 17.8 Å². The smallest absolute Gasteiger partial charge is 0.237 e. The molecule has 0 aliphatic heterocycles. The van der Waals surface area contributed by atoms with Gasteiger partial charge < -0.3 is 10.1 Å². The summed E-state index contributed by atoms with van der Waals surface area (Å²) in [7, 11) is 3.48. The van der Waals surface area contributed by atoms with E-state index in [-0.39, 0.29) is 6.04 Å². The predicted molar refractivity (Wildman–Crippen MR) is 73.1 cm³/mol. The zero-order chi connectivity index (χ0) is 13.7. The van der Waals surface area contributed by atoms with E-state index in [9.17, 15) is 0 Å². The minimum atomic E-state index is -0.125. The first-order valence-electron chi connectivity index (χ1n) is 6.27. The Bertz CT molecular complexity index is 497. The number of rotatable bonds is 5. The number of aryl methyl sites for hydroxylation is 1. The van der Waals surface area contributed by atoms with Gasteiger partial charge in [-0.2, -0.15) is 0 Å². The van der Waals surface area contributed by atoms with E-state index in [1.165, 1.54) is 5.56 Å². The lowest BCUT2D eigenvalue weighted by Crippen LogP contribution is -2.22. The summed E-state index contributed by atoms with van der Waals surface area (Å²) in [5.74, 6) is 0.523. The van der Waals surface area contributed by atoms with Gasteiger partial charge in [0.1, 0.15) is 5.69 Å². The Morgan fingerprint density at radius 3 is 2.58 bits per heavy atom. The van der Waals surface area contributed by atoms with Crippen molar-refractivity contribution in [1.29, 1.82) is 0 Å². The van der Waals surface area contributed by atoms with Crippen LogP contribution in [0.4, 0.5) is 0 Å². The number of hydrogen-bond acceptors (Lipinski definition) is 5. The molecule has 0 spiro atoms. The van der Waals surface area contributed by atoms with Crippen molar-refractivity contribution in [2.24, 2.45) is 0 Å². The van der Waals surface area contributed by atoms with Gasteiger partial charge in [0.25, 0.3) is 0 Å². The van der Waals surface area contributed by atoms with Gasteiger partial charge in [0.05, 0.1) is 18.8 Å². The first-order valence-corrected chi connectivity index (χ1v) is 6.27. The molecule has 2 aromatic heterocycles. The molecule has 1 unspecified atom stereocenters. The number of nitrogens with zero attached hydrogens (tertiary/aromatic N) is 3. The lowest BCUT2D eigenvalue weighted by atomic mass is 10.0. The highest BCUT2D eigenvalue weighted by Gasteiger charge is 2.22.